The minimum absolute atomic E-state index is 0.0586. The second-order valence-electron chi connectivity index (χ2n) is 7.54. The molecule has 10 nitrogen and oxygen atoms in total. The topological polar surface area (TPSA) is 110 Å². The fourth-order valence-corrected chi connectivity index (χ4v) is 3.68. The first-order chi connectivity index (χ1) is 14.5. The Hall–Kier alpha value is -3.40. The van der Waals surface area contributed by atoms with Crippen LogP contribution in [-0.4, -0.2) is 59.9 Å². The van der Waals surface area contributed by atoms with E-state index in [9.17, 15) is 9.90 Å². The number of aliphatic hydroxyl groups excluding tert-OH is 1. The van der Waals surface area contributed by atoms with Gasteiger partial charge in [-0.1, -0.05) is 13.5 Å². The van der Waals surface area contributed by atoms with Crippen LogP contribution < -0.4 is 10.1 Å². The SMILES string of the molecule is C=CC(=O)N1C[C@H](COc2nc(Nc3cnn(C)c3)nc3c2ccn3CO)[C@@H](C)C1. The van der Waals surface area contributed by atoms with Crippen molar-refractivity contribution < 1.29 is 14.6 Å². The van der Waals surface area contributed by atoms with Crippen LogP contribution in [0.5, 0.6) is 5.88 Å². The maximum absolute atomic E-state index is 11.9. The van der Waals surface area contributed by atoms with Gasteiger partial charge in [0.1, 0.15) is 6.73 Å². The van der Waals surface area contributed by atoms with Gasteiger partial charge in [-0.25, -0.2) is 0 Å². The molecule has 30 heavy (non-hydrogen) atoms. The molecule has 158 valence electrons. The van der Waals surface area contributed by atoms with Crippen LogP contribution in [0.25, 0.3) is 11.0 Å². The first-order valence-electron chi connectivity index (χ1n) is 9.76. The van der Waals surface area contributed by atoms with E-state index in [1.54, 1.807) is 26.5 Å². The molecular weight excluding hydrogens is 386 g/mol. The fraction of sp³-hybridized carbons (Fsp3) is 0.400. The summed E-state index contributed by atoms with van der Waals surface area (Å²) in [7, 11) is 1.82. The van der Waals surface area contributed by atoms with Crippen LogP contribution in [0, 0.1) is 11.8 Å². The molecule has 3 aromatic heterocycles. The largest absolute Gasteiger partial charge is 0.477 e. The summed E-state index contributed by atoms with van der Waals surface area (Å²) in [5.41, 5.74) is 1.31. The first-order valence-corrected chi connectivity index (χ1v) is 9.76. The number of hydrogen-bond donors (Lipinski definition) is 2. The van der Waals surface area contributed by atoms with Gasteiger partial charge in [0.25, 0.3) is 0 Å². The number of aryl methyl sites for hydroxylation is 1. The Morgan fingerprint density at radius 3 is 2.97 bits per heavy atom. The molecule has 3 aromatic rings. The monoisotopic (exact) mass is 411 g/mol. The number of rotatable bonds is 7. The molecule has 0 unspecified atom stereocenters. The zero-order chi connectivity index (χ0) is 21.3. The Kier molecular flexibility index (Phi) is 5.40. The first kappa shape index (κ1) is 19.9. The highest BCUT2D eigenvalue weighted by atomic mass is 16.5. The lowest BCUT2D eigenvalue weighted by Crippen LogP contribution is -2.27. The number of nitrogens with zero attached hydrogens (tertiary/aromatic N) is 6. The summed E-state index contributed by atoms with van der Waals surface area (Å²) in [6.45, 7) is 7.20. The maximum Gasteiger partial charge on any atom is 0.245 e. The molecule has 0 bridgehead atoms. The summed E-state index contributed by atoms with van der Waals surface area (Å²) >= 11 is 0. The molecule has 10 heteroatoms. The van der Waals surface area contributed by atoms with Crippen LogP contribution in [0.2, 0.25) is 0 Å². The minimum atomic E-state index is -0.204. The highest BCUT2D eigenvalue weighted by molar-refractivity contribution is 5.87. The molecule has 0 spiro atoms. The number of carbonyl (C=O) groups excluding carboxylic acids is 1. The van der Waals surface area contributed by atoms with E-state index in [0.29, 0.717) is 48.5 Å². The van der Waals surface area contributed by atoms with Crippen LogP contribution >= 0.6 is 0 Å². The molecule has 1 amide bonds. The lowest BCUT2D eigenvalue weighted by Gasteiger charge is -2.16. The average Bonchev–Trinajstić information content (AvgIpc) is 3.44. The number of amides is 1. The molecule has 0 saturated carbocycles. The third-order valence-corrected chi connectivity index (χ3v) is 5.39. The summed E-state index contributed by atoms with van der Waals surface area (Å²) in [5, 5.41) is 17.6. The molecule has 2 atom stereocenters. The molecule has 1 aliphatic rings. The molecule has 1 fully saturated rings. The average molecular weight is 411 g/mol. The van der Waals surface area contributed by atoms with Gasteiger partial charge in [-0.2, -0.15) is 15.1 Å². The smallest absolute Gasteiger partial charge is 0.245 e. The number of fused-ring (bicyclic) bond motifs is 1. The van der Waals surface area contributed by atoms with E-state index in [4.69, 9.17) is 4.74 Å². The molecule has 0 aromatic carbocycles. The van der Waals surface area contributed by atoms with Gasteiger partial charge in [0.05, 0.1) is 23.9 Å². The van der Waals surface area contributed by atoms with E-state index in [0.717, 1.165) is 5.69 Å². The van der Waals surface area contributed by atoms with Crippen molar-refractivity contribution in [3.8, 4) is 5.88 Å². The number of aliphatic hydroxyl groups is 1. The van der Waals surface area contributed by atoms with Gasteiger partial charge in [-0.3, -0.25) is 9.48 Å². The normalized spacial score (nSPS) is 18.7. The van der Waals surface area contributed by atoms with E-state index in [1.165, 1.54) is 6.08 Å². The van der Waals surface area contributed by atoms with Gasteiger partial charge < -0.3 is 24.6 Å². The Morgan fingerprint density at radius 2 is 2.27 bits per heavy atom. The molecule has 4 rings (SSSR count). The standard InChI is InChI=1S/C20H25N7O3/c1-4-17(29)27-8-13(2)14(9-27)11-30-19-16-5-6-26(12-28)18(16)23-20(24-19)22-15-7-21-25(3)10-15/h4-7,10,13-14,28H,1,8-9,11-12H2,2-3H3,(H,22,23,24)/t13-,14+/m0/s1. The van der Waals surface area contributed by atoms with E-state index < -0.39 is 0 Å². The molecule has 0 radical (unpaired) electrons. The van der Waals surface area contributed by atoms with Crippen molar-refractivity contribution in [1.29, 1.82) is 0 Å². The molecule has 1 saturated heterocycles. The summed E-state index contributed by atoms with van der Waals surface area (Å²) in [6.07, 6.45) is 6.57. The number of carbonyl (C=O) groups is 1. The van der Waals surface area contributed by atoms with E-state index in [2.05, 4.69) is 33.9 Å². The van der Waals surface area contributed by atoms with Crippen LogP contribution in [0.15, 0.2) is 37.3 Å². The number of ether oxygens (including phenoxy) is 1. The van der Waals surface area contributed by atoms with Crippen LogP contribution in [-0.2, 0) is 18.6 Å². The maximum atomic E-state index is 11.9. The third kappa shape index (κ3) is 3.86. The lowest BCUT2D eigenvalue weighted by atomic mass is 9.99. The Bertz CT molecular complexity index is 1070. The van der Waals surface area contributed by atoms with Crippen molar-refractivity contribution in [3.05, 3.63) is 37.3 Å². The van der Waals surface area contributed by atoms with Gasteiger partial charge >= 0.3 is 0 Å². The minimum Gasteiger partial charge on any atom is -0.477 e. The second-order valence-corrected chi connectivity index (χ2v) is 7.54. The van der Waals surface area contributed by atoms with Crippen molar-refractivity contribution in [2.45, 2.75) is 13.7 Å². The van der Waals surface area contributed by atoms with Gasteiger partial charge in [0.2, 0.25) is 17.7 Å². The zero-order valence-corrected chi connectivity index (χ0v) is 17.0. The molecule has 4 heterocycles. The quantitative estimate of drug-likeness (QED) is 0.567. The van der Waals surface area contributed by atoms with Gasteiger partial charge in [0, 0.05) is 38.4 Å². The number of likely N-dealkylation sites (tertiary alicyclic amines) is 1. The fourth-order valence-electron chi connectivity index (χ4n) is 3.68. The van der Waals surface area contributed by atoms with E-state index >= 15 is 0 Å². The summed E-state index contributed by atoms with van der Waals surface area (Å²) < 4.78 is 9.39. The van der Waals surface area contributed by atoms with Crippen LogP contribution in [0.1, 0.15) is 6.92 Å². The molecular formula is C20H25N7O3. The molecule has 2 N–H and O–H groups in total. The van der Waals surface area contributed by atoms with Gasteiger partial charge in [0.15, 0.2) is 5.65 Å². The highest BCUT2D eigenvalue weighted by Gasteiger charge is 2.32. The van der Waals surface area contributed by atoms with Crippen molar-refractivity contribution in [2.75, 3.05) is 25.0 Å². The van der Waals surface area contributed by atoms with Crippen molar-refractivity contribution in [2.24, 2.45) is 18.9 Å². The van der Waals surface area contributed by atoms with E-state index in [-0.39, 0.29) is 18.6 Å². The van der Waals surface area contributed by atoms with Gasteiger partial charge in [-0.15, -0.1) is 0 Å². The van der Waals surface area contributed by atoms with Crippen LogP contribution in [0.3, 0.4) is 0 Å². The Balaban J connectivity index is 1.57. The van der Waals surface area contributed by atoms with E-state index in [1.807, 2.05) is 19.3 Å². The number of hydrogen-bond acceptors (Lipinski definition) is 7. The van der Waals surface area contributed by atoms with Crippen molar-refractivity contribution in [1.82, 2.24) is 29.2 Å². The summed E-state index contributed by atoms with van der Waals surface area (Å²) in [5.74, 6) is 1.22. The van der Waals surface area contributed by atoms with Crippen molar-refractivity contribution >= 4 is 28.6 Å². The lowest BCUT2D eigenvalue weighted by molar-refractivity contribution is -0.125. The van der Waals surface area contributed by atoms with Crippen molar-refractivity contribution in [3.63, 3.8) is 0 Å². The molecule has 1 aliphatic heterocycles. The molecule has 0 aliphatic carbocycles. The summed E-state index contributed by atoms with van der Waals surface area (Å²) in [6, 6.07) is 1.82. The third-order valence-electron chi connectivity index (χ3n) is 5.39. The number of nitrogens with one attached hydrogen (secondary N) is 1. The highest BCUT2D eigenvalue weighted by Crippen LogP contribution is 2.29. The summed E-state index contributed by atoms with van der Waals surface area (Å²) in [4.78, 5) is 22.8. The number of anilines is 2. The Morgan fingerprint density at radius 1 is 1.43 bits per heavy atom. The zero-order valence-electron chi connectivity index (χ0n) is 17.0. The van der Waals surface area contributed by atoms with Crippen LogP contribution in [0.4, 0.5) is 11.6 Å². The number of aromatic nitrogens is 5. The predicted molar refractivity (Wildman–Crippen MR) is 111 cm³/mol. The second kappa shape index (κ2) is 8.15. The predicted octanol–water partition coefficient (Wildman–Crippen LogP) is 1.52. The Labute approximate surface area is 173 Å². The van der Waals surface area contributed by atoms with Gasteiger partial charge in [-0.05, 0) is 18.1 Å².